The topological polar surface area (TPSA) is 59.7 Å². The van der Waals surface area contributed by atoms with Gasteiger partial charge in [0.1, 0.15) is 17.9 Å². The van der Waals surface area contributed by atoms with Crippen LogP contribution in [0.2, 0.25) is 0 Å². The molecule has 3 aromatic rings. The van der Waals surface area contributed by atoms with Gasteiger partial charge in [-0.1, -0.05) is 60.7 Å². The molecule has 1 heterocycles. The minimum atomic E-state index is -1.34. The molecule has 0 N–H and O–H groups in total. The summed E-state index contributed by atoms with van der Waals surface area (Å²) in [6.07, 6.45) is 1.55. The Morgan fingerprint density at radius 1 is 0.957 bits per heavy atom. The van der Waals surface area contributed by atoms with Gasteiger partial charge in [-0.25, -0.2) is 4.98 Å². The molecule has 0 amide bonds. The maximum atomic E-state index is 12.1. The fraction of sp³-hybridized carbons (Fsp3) is 0.0526. The van der Waals surface area contributed by atoms with Crippen molar-refractivity contribution in [1.82, 2.24) is 4.98 Å². The van der Waals surface area contributed by atoms with E-state index in [0.29, 0.717) is 16.3 Å². The number of nitriles is 1. The first-order chi connectivity index (χ1) is 11.2. The second kappa shape index (κ2) is 6.66. The molecule has 23 heavy (non-hydrogen) atoms. The Hall–Kier alpha value is -2.61. The third-order valence-electron chi connectivity index (χ3n) is 3.52. The van der Waals surface area contributed by atoms with E-state index in [4.69, 9.17) is 0 Å². The molecule has 3 rings (SSSR count). The Morgan fingerprint density at radius 3 is 2.04 bits per heavy atom. The molecule has 3 nitrogen and oxygen atoms in total. The third kappa shape index (κ3) is 3.11. The fourth-order valence-corrected chi connectivity index (χ4v) is 3.11. The van der Waals surface area contributed by atoms with Gasteiger partial charge < -0.3 is 4.55 Å². The van der Waals surface area contributed by atoms with Crippen LogP contribution in [0.1, 0.15) is 5.56 Å². The molecule has 1 atom stereocenters. The van der Waals surface area contributed by atoms with Crippen molar-refractivity contribution in [2.24, 2.45) is 0 Å². The maximum Gasteiger partial charge on any atom is 0.263 e. The summed E-state index contributed by atoms with van der Waals surface area (Å²) in [7, 11) is 0. The van der Waals surface area contributed by atoms with Gasteiger partial charge in [0, 0.05) is 22.3 Å². The van der Waals surface area contributed by atoms with Gasteiger partial charge in [0.25, 0.3) is 5.03 Å². The van der Waals surface area contributed by atoms with Crippen molar-refractivity contribution in [2.45, 2.75) is 5.03 Å². The number of nitrogens with zero attached hydrogens (tertiary/aromatic N) is 2. The molecule has 0 bridgehead atoms. The Bertz CT molecular complexity index is 856. The van der Waals surface area contributed by atoms with Crippen molar-refractivity contribution in [3.63, 3.8) is 0 Å². The van der Waals surface area contributed by atoms with Crippen LogP contribution in [0.5, 0.6) is 0 Å². The van der Waals surface area contributed by atoms with Gasteiger partial charge in [0.05, 0.1) is 5.69 Å². The number of pyridine rings is 1. The Labute approximate surface area is 138 Å². The lowest BCUT2D eigenvalue weighted by Crippen LogP contribution is -2.06. The summed E-state index contributed by atoms with van der Waals surface area (Å²) in [5, 5.41) is 9.87. The predicted molar refractivity (Wildman–Crippen MR) is 92.2 cm³/mol. The van der Waals surface area contributed by atoms with Crippen LogP contribution < -0.4 is 0 Å². The number of hydrogen-bond acceptors (Lipinski definition) is 3. The molecule has 0 aliphatic heterocycles. The molecule has 0 aliphatic rings. The molecule has 0 saturated carbocycles. The molecule has 0 saturated heterocycles. The Morgan fingerprint density at radius 2 is 1.52 bits per heavy atom. The quantitative estimate of drug-likeness (QED) is 0.685. The zero-order chi connectivity index (χ0) is 16.2. The molecular formula is C19H14N2OS. The van der Waals surface area contributed by atoms with Crippen LogP contribution in [0.15, 0.2) is 71.8 Å². The summed E-state index contributed by atoms with van der Waals surface area (Å²) in [5.74, 6) is 0. The molecule has 112 valence electrons. The first-order valence-corrected chi connectivity index (χ1v) is 8.66. The maximum absolute atomic E-state index is 12.1. The van der Waals surface area contributed by atoms with Gasteiger partial charge in [-0.3, -0.25) is 0 Å². The van der Waals surface area contributed by atoms with E-state index in [9.17, 15) is 9.81 Å². The number of aromatic nitrogens is 1. The normalized spacial score (nSPS) is 11.7. The van der Waals surface area contributed by atoms with E-state index in [1.165, 1.54) is 0 Å². The van der Waals surface area contributed by atoms with Gasteiger partial charge >= 0.3 is 0 Å². The van der Waals surface area contributed by atoms with Crippen LogP contribution in [0.25, 0.3) is 22.4 Å². The number of rotatable bonds is 3. The van der Waals surface area contributed by atoms with Gasteiger partial charge in [-0.15, -0.1) is 0 Å². The fourth-order valence-electron chi connectivity index (χ4n) is 2.44. The van der Waals surface area contributed by atoms with Crippen LogP contribution in [0, 0.1) is 11.3 Å². The summed E-state index contributed by atoms with van der Waals surface area (Å²) >= 11 is -1.34. The van der Waals surface area contributed by atoms with Crippen molar-refractivity contribution in [3.05, 3.63) is 72.3 Å². The summed E-state index contributed by atoms with van der Waals surface area (Å²) in [4.78, 5) is 4.48. The monoisotopic (exact) mass is 318 g/mol. The van der Waals surface area contributed by atoms with Crippen LogP contribution in [-0.2, 0) is 11.2 Å². The van der Waals surface area contributed by atoms with E-state index in [0.717, 1.165) is 16.7 Å². The molecule has 0 radical (unpaired) electrons. The lowest BCUT2D eigenvalue weighted by molar-refractivity contribution is 0.597. The largest absolute Gasteiger partial charge is 0.610 e. The standard InChI is InChI=1S/C19H14N2OS/c1-23(22)19-17(13-20)16(14-8-4-2-5-9-14)12-18(21-19)15-10-6-3-7-11-15/h2-12H,1H3. The van der Waals surface area contributed by atoms with Gasteiger partial charge in [-0.05, 0) is 11.6 Å². The molecule has 0 fully saturated rings. The highest BCUT2D eigenvalue weighted by Crippen LogP contribution is 2.31. The second-order valence-electron chi connectivity index (χ2n) is 5.03. The molecule has 4 heteroatoms. The van der Waals surface area contributed by atoms with E-state index in [2.05, 4.69) is 11.1 Å². The molecular weight excluding hydrogens is 304 g/mol. The Balaban J connectivity index is 2.29. The van der Waals surface area contributed by atoms with Crippen LogP contribution in [0.4, 0.5) is 0 Å². The van der Waals surface area contributed by atoms with E-state index in [1.807, 2.05) is 66.7 Å². The highest BCUT2D eigenvalue weighted by molar-refractivity contribution is 7.90. The van der Waals surface area contributed by atoms with Crippen molar-refractivity contribution in [1.29, 1.82) is 5.26 Å². The Kier molecular flexibility index (Phi) is 4.42. The van der Waals surface area contributed by atoms with Gasteiger partial charge in [0.2, 0.25) is 0 Å². The van der Waals surface area contributed by atoms with E-state index in [-0.39, 0.29) is 0 Å². The van der Waals surface area contributed by atoms with Gasteiger partial charge in [0.15, 0.2) is 0 Å². The van der Waals surface area contributed by atoms with Crippen molar-refractivity contribution >= 4 is 11.2 Å². The first-order valence-electron chi connectivity index (χ1n) is 7.10. The van der Waals surface area contributed by atoms with Crippen molar-refractivity contribution in [2.75, 3.05) is 6.26 Å². The first kappa shape index (κ1) is 15.3. The summed E-state index contributed by atoms with van der Waals surface area (Å²) in [6.45, 7) is 0. The SMILES string of the molecule is C[S+]([O-])c1nc(-c2ccccc2)cc(-c2ccccc2)c1C#N. The third-order valence-corrected chi connectivity index (χ3v) is 4.36. The van der Waals surface area contributed by atoms with E-state index < -0.39 is 11.2 Å². The molecule has 0 spiro atoms. The minimum Gasteiger partial charge on any atom is -0.610 e. The lowest BCUT2D eigenvalue weighted by atomic mass is 9.99. The van der Waals surface area contributed by atoms with Crippen LogP contribution >= 0.6 is 0 Å². The summed E-state index contributed by atoms with van der Waals surface area (Å²) in [6, 6.07) is 23.4. The van der Waals surface area contributed by atoms with Crippen LogP contribution in [0.3, 0.4) is 0 Å². The second-order valence-corrected chi connectivity index (χ2v) is 6.33. The van der Waals surface area contributed by atoms with Crippen LogP contribution in [-0.4, -0.2) is 15.8 Å². The smallest absolute Gasteiger partial charge is 0.263 e. The highest BCUT2D eigenvalue weighted by Gasteiger charge is 2.21. The zero-order valence-corrected chi connectivity index (χ0v) is 13.4. The molecule has 0 aliphatic carbocycles. The average Bonchev–Trinajstić information content (AvgIpc) is 2.62. The predicted octanol–water partition coefficient (Wildman–Crippen LogP) is 4.02. The minimum absolute atomic E-state index is 0.327. The summed E-state index contributed by atoms with van der Waals surface area (Å²) < 4.78 is 12.1. The van der Waals surface area contributed by atoms with Crippen molar-refractivity contribution < 1.29 is 4.55 Å². The molecule has 1 unspecified atom stereocenters. The molecule has 2 aromatic carbocycles. The summed E-state index contributed by atoms with van der Waals surface area (Å²) in [5.41, 5.74) is 3.69. The number of hydrogen-bond donors (Lipinski definition) is 0. The molecule has 1 aromatic heterocycles. The highest BCUT2D eigenvalue weighted by atomic mass is 32.2. The van der Waals surface area contributed by atoms with E-state index in [1.54, 1.807) is 6.26 Å². The lowest BCUT2D eigenvalue weighted by Gasteiger charge is -2.12. The number of benzene rings is 2. The van der Waals surface area contributed by atoms with Crippen molar-refractivity contribution in [3.8, 4) is 28.5 Å². The average molecular weight is 318 g/mol. The van der Waals surface area contributed by atoms with E-state index >= 15 is 0 Å². The zero-order valence-electron chi connectivity index (χ0n) is 12.6. The van der Waals surface area contributed by atoms with Gasteiger partial charge in [-0.2, -0.15) is 5.26 Å².